The smallest absolute Gasteiger partial charge is 0.338 e. The molecule has 0 radical (unpaired) electrons. The highest BCUT2D eigenvalue weighted by Crippen LogP contribution is 2.27. The number of nitrogens with one attached hydrogen (secondary N) is 2. The van der Waals surface area contributed by atoms with Crippen LogP contribution in [0.4, 0.5) is 5.69 Å². The average Bonchev–Trinajstić information content (AvgIpc) is 3.20. The summed E-state index contributed by atoms with van der Waals surface area (Å²) in [6, 6.07) is 18.0. The maximum absolute atomic E-state index is 12.3. The zero-order chi connectivity index (χ0) is 22.4. The number of benzene rings is 2. The fraction of sp³-hybridized carbons (Fsp3) is 0.143. The SMILES string of the molecule is C[C@@H](OC(=O)c1ccc(NS(=O)(=O)c2ccc(Cl)s2)cc1)C(=O)NCc1ccccc1. The molecule has 7 nitrogen and oxygen atoms in total. The first-order valence-corrected chi connectivity index (χ1v) is 11.8. The van der Waals surface area contributed by atoms with Crippen molar-refractivity contribution in [3.63, 3.8) is 0 Å². The Hall–Kier alpha value is -2.88. The monoisotopic (exact) mass is 478 g/mol. The second kappa shape index (κ2) is 9.95. The van der Waals surface area contributed by atoms with E-state index in [1.54, 1.807) is 0 Å². The third-order valence-corrected chi connectivity index (χ3v) is 7.25. The van der Waals surface area contributed by atoms with E-state index in [1.165, 1.54) is 43.3 Å². The summed E-state index contributed by atoms with van der Waals surface area (Å²) in [6.07, 6.45) is -0.988. The Bertz CT molecular complexity index is 1160. The Kier molecular flexibility index (Phi) is 7.32. The standard InChI is InChI=1S/C21H19ClN2O5S2/c1-14(20(25)23-13-15-5-3-2-4-6-15)29-21(26)16-7-9-17(10-8-16)24-31(27,28)19-12-11-18(22)30-19/h2-12,14,24H,13H2,1H3,(H,23,25)/t14-/m1/s1. The summed E-state index contributed by atoms with van der Waals surface area (Å²) in [7, 11) is -3.77. The van der Waals surface area contributed by atoms with Crippen LogP contribution in [0, 0.1) is 0 Å². The molecule has 1 aromatic heterocycles. The molecule has 1 amide bonds. The fourth-order valence-corrected chi connectivity index (χ4v) is 5.07. The Morgan fingerprint density at radius 3 is 2.32 bits per heavy atom. The van der Waals surface area contributed by atoms with E-state index in [2.05, 4.69) is 10.0 Å². The molecule has 0 unspecified atom stereocenters. The van der Waals surface area contributed by atoms with Gasteiger partial charge in [0, 0.05) is 12.2 Å². The van der Waals surface area contributed by atoms with Crippen LogP contribution in [0.3, 0.4) is 0 Å². The quantitative estimate of drug-likeness (QED) is 0.475. The maximum atomic E-state index is 12.3. The molecular formula is C21H19ClN2O5S2. The topological polar surface area (TPSA) is 102 Å². The Morgan fingerprint density at radius 1 is 1.03 bits per heavy atom. The van der Waals surface area contributed by atoms with Crippen molar-refractivity contribution in [2.75, 3.05) is 4.72 Å². The van der Waals surface area contributed by atoms with Gasteiger partial charge in [0.2, 0.25) is 0 Å². The highest BCUT2D eigenvalue weighted by atomic mass is 35.5. The summed E-state index contributed by atoms with van der Waals surface area (Å²) in [6.45, 7) is 1.80. The number of carbonyl (C=O) groups is 2. The predicted molar refractivity (Wildman–Crippen MR) is 120 cm³/mol. The lowest BCUT2D eigenvalue weighted by Crippen LogP contribution is -2.35. The first kappa shape index (κ1) is 22.8. The molecule has 3 rings (SSSR count). The van der Waals surface area contributed by atoms with Gasteiger partial charge in [-0.15, -0.1) is 11.3 Å². The zero-order valence-corrected chi connectivity index (χ0v) is 18.8. The van der Waals surface area contributed by atoms with Crippen LogP contribution < -0.4 is 10.0 Å². The number of rotatable bonds is 8. The van der Waals surface area contributed by atoms with Gasteiger partial charge in [-0.05, 0) is 48.9 Å². The van der Waals surface area contributed by atoms with Crippen LogP contribution in [0.2, 0.25) is 4.34 Å². The zero-order valence-electron chi connectivity index (χ0n) is 16.4. The van der Waals surface area contributed by atoms with E-state index in [-0.39, 0.29) is 15.5 Å². The molecule has 0 bridgehead atoms. The summed E-state index contributed by atoms with van der Waals surface area (Å²) in [4.78, 5) is 24.5. The summed E-state index contributed by atoms with van der Waals surface area (Å²) >= 11 is 6.72. The summed E-state index contributed by atoms with van der Waals surface area (Å²) in [5.74, 6) is -1.11. The van der Waals surface area contributed by atoms with Crippen molar-refractivity contribution in [2.45, 2.75) is 23.8 Å². The Labute approximate surface area is 189 Å². The van der Waals surface area contributed by atoms with Crippen LogP contribution in [-0.2, 0) is 26.1 Å². The Morgan fingerprint density at radius 2 is 1.71 bits per heavy atom. The minimum absolute atomic E-state index is 0.0799. The van der Waals surface area contributed by atoms with E-state index in [0.717, 1.165) is 16.9 Å². The molecule has 0 aliphatic heterocycles. The molecule has 31 heavy (non-hydrogen) atoms. The van der Waals surface area contributed by atoms with Crippen LogP contribution >= 0.6 is 22.9 Å². The number of halogens is 1. The molecule has 2 N–H and O–H groups in total. The van der Waals surface area contributed by atoms with Crippen molar-refractivity contribution in [3.8, 4) is 0 Å². The number of amides is 1. The minimum Gasteiger partial charge on any atom is -0.449 e. The molecule has 162 valence electrons. The van der Waals surface area contributed by atoms with Crippen LogP contribution in [-0.4, -0.2) is 26.4 Å². The van der Waals surface area contributed by atoms with Crippen molar-refractivity contribution in [3.05, 3.63) is 82.2 Å². The fourth-order valence-electron chi connectivity index (χ4n) is 2.53. The maximum Gasteiger partial charge on any atom is 0.338 e. The van der Waals surface area contributed by atoms with Crippen LogP contribution in [0.15, 0.2) is 70.9 Å². The second-order valence-electron chi connectivity index (χ2n) is 6.49. The van der Waals surface area contributed by atoms with Crippen molar-refractivity contribution in [2.24, 2.45) is 0 Å². The van der Waals surface area contributed by atoms with E-state index in [4.69, 9.17) is 16.3 Å². The van der Waals surface area contributed by atoms with Crippen molar-refractivity contribution in [1.29, 1.82) is 0 Å². The molecule has 1 heterocycles. The van der Waals surface area contributed by atoms with Gasteiger partial charge in [-0.3, -0.25) is 9.52 Å². The highest BCUT2D eigenvalue weighted by Gasteiger charge is 2.20. The first-order chi connectivity index (χ1) is 14.7. The van der Waals surface area contributed by atoms with Gasteiger partial charge in [-0.2, -0.15) is 0 Å². The highest BCUT2D eigenvalue weighted by molar-refractivity contribution is 7.94. The first-order valence-electron chi connectivity index (χ1n) is 9.15. The lowest BCUT2D eigenvalue weighted by Gasteiger charge is -2.14. The molecule has 0 saturated heterocycles. The number of carbonyl (C=O) groups excluding carboxylic acids is 2. The molecular weight excluding hydrogens is 460 g/mol. The molecule has 3 aromatic rings. The van der Waals surface area contributed by atoms with Gasteiger partial charge in [0.1, 0.15) is 4.21 Å². The van der Waals surface area contributed by atoms with Gasteiger partial charge in [0.25, 0.3) is 15.9 Å². The third kappa shape index (κ3) is 6.30. The lowest BCUT2D eigenvalue weighted by atomic mass is 10.2. The summed E-state index contributed by atoms with van der Waals surface area (Å²) in [5, 5.41) is 2.71. The number of hydrogen-bond donors (Lipinski definition) is 2. The normalized spacial score (nSPS) is 12.1. The number of anilines is 1. The second-order valence-corrected chi connectivity index (χ2v) is 10.1. The summed E-state index contributed by atoms with van der Waals surface area (Å²) in [5.41, 5.74) is 1.39. The van der Waals surface area contributed by atoms with Gasteiger partial charge >= 0.3 is 5.97 Å². The molecule has 0 aliphatic rings. The Balaban J connectivity index is 1.55. The third-order valence-electron chi connectivity index (χ3n) is 4.15. The number of thiophene rings is 1. The van der Waals surface area contributed by atoms with Gasteiger partial charge in [0.15, 0.2) is 6.10 Å². The number of esters is 1. The average molecular weight is 479 g/mol. The van der Waals surface area contributed by atoms with Crippen molar-refractivity contribution < 1.29 is 22.7 Å². The minimum atomic E-state index is -3.77. The molecule has 1 atom stereocenters. The number of hydrogen-bond acceptors (Lipinski definition) is 6. The van der Waals surface area contributed by atoms with Crippen LogP contribution in [0.1, 0.15) is 22.8 Å². The number of sulfonamides is 1. The molecule has 0 aliphatic carbocycles. The van der Waals surface area contributed by atoms with Gasteiger partial charge in [0.05, 0.1) is 9.90 Å². The predicted octanol–water partition coefficient (Wildman–Crippen LogP) is 4.06. The van der Waals surface area contributed by atoms with E-state index in [0.29, 0.717) is 10.9 Å². The van der Waals surface area contributed by atoms with Crippen LogP contribution in [0.25, 0.3) is 0 Å². The molecule has 0 fully saturated rings. The number of ether oxygens (including phenoxy) is 1. The van der Waals surface area contributed by atoms with E-state index >= 15 is 0 Å². The van der Waals surface area contributed by atoms with Gasteiger partial charge < -0.3 is 10.1 Å². The molecule has 10 heteroatoms. The molecule has 0 spiro atoms. The van der Waals surface area contributed by atoms with Gasteiger partial charge in [-0.25, -0.2) is 13.2 Å². The van der Waals surface area contributed by atoms with Crippen molar-refractivity contribution >= 4 is 50.5 Å². The largest absolute Gasteiger partial charge is 0.449 e. The van der Waals surface area contributed by atoms with E-state index < -0.39 is 28.0 Å². The van der Waals surface area contributed by atoms with E-state index in [9.17, 15) is 18.0 Å². The van der Waals surface area contributed by atoms with Crippen LogP contribution in [0.5, 0.6) is 0 Å². The van der Waals surface area contributed by atoms with Crippen molar-refractivity contribution in [1.82, 2.24) is 5.32 Å². The lowest BCUT2D eigenvalue weighted by molar-refractivity contribution is -0.129. The summed E-state index contributed by atoms with van der Waals surface area (Å²) < 4.78 is 32.7. The van der Waals surface area contributed by atoms with E-state index in [1.807, 2.05) is 30.3 Å². The van der Waals surface area contributed by atoms with Gasteiger partial charge in [-0.1, -0.05) is 41.9 Å². The molecule has 0 saturated carbocycles. The molecule has 2 aromatic carbocycles.